The van der Waals surface area contributed by atoms with Crippen LogP contribution in [0.1, 0.15) is 64.8 Å². The number of carbonyl (C=O) groups excluding carboxylic acids is 2. The SMILES string of the molecule is CCCCCCc1ccccc1NCc1ccc(C(=O)Nc2nc(CCC(=O)[O-])cs2)s1. The van der Waals surface area contributed by atoms with E-state index in [1.54, 1.807) is 5.38 Å². The summed E-state index contributed by atoms with van der Waals surface area (Å²) in [6.45, 7) is 2.88. The third-order valence-electron chi connectivity index (χ3n) is 5.01. The number of para-hydroxylation sites is 1. The molecule has 0 radical (unpaired) electrons. The smallest absolute Gasteiger partial charge is 0.267 e. The highest BCUT2D eigenvalue weighted by atomic mass is 32.1. The molecule has 0 aliphatic carbocycles. The first-order chi connectivity index (χ1) is 15.5. The van der Waals surface area contributed by atoms with Gasteiger partial charge in [-0.2, -0.15) is 0 Å². The van der Waals surface area contributed by atoms with Gasteiger partial charge in [0, 0.05) is 28.5 Å². The summed E-state index contributed by atoms with van der Waals surface area (Å²) in [5.74, 6) is -1.32. The second kappa shape index (κ2) is 12.4. The Hall–Kier alpha value is -2.71. The number of carboxylic acids is 1. The zero-order valence-corrected chi connectivity index (χ0v) is 19.8. The zero-order valence-electron chi connectivity index (χ0n) is 18.2. The summed E-state index contributed by atoms with van der Waals surface area (Å²) in [5, 5.41) is 19.1. The summed E-state index contributed by atoms with van der Waals surface area (Å²) >= 11 is 2.73. The Morgan fingerprint density at radius 3 is 2.72 bits per heavy atom. The van der Waals surface area contributed by atoms with Gasteiger partial charge in [0.15, 0.2) is 5.13 Å². The fourth-order valence-electron chi connectivity index (χ4n) is 3.30. The number of hydrogen-bond acceptors (Lipinski definition) is 7. The van der Waals surface area contributed by atoms with Gasteiger partial charge in [-0.05, 0) is 49.4 Å². The quantitative estimate of drug-likeness (QED) is 0.348. The lowest BCUT2D eigenvalue weighted by atomic mass is 10.0. The summed E-state index contributed by atoms with van der Waals surface area (Å²) < 4.78 is 0. The van der Waals surface area contributed by atoms with Gasteiger partial charge in [-0.1, -0.05) is 44.4 Å². The van der Waals surface area contributed by atoms with E-state index in [1.807, 2.05) is 18.2 Å². The van der Waals surface area contributed by atoms with Crippen molar-refractivity contribution >= 4 is 45.4 Å². The molecular formula is C24H28N3O3S2-. The van der Waals surface area contributed by atoms with Crippen molar-refractivity contribution in [1.82, 2.24) is 4.98 Å². The molecule has 0 aliphatic rings. The van der Waals surface area contributed by atoms with Gasteiger partial charge in [-0.15, -0.1) is 22.7 Å². The van der Waals surface area contributed by atoms with E-state index >= 15 is 0 Å². The maximum absolute atomic E-state index is 12.5. The lowest BCUT2D eigenvalue weighted by Crippen LogP contribution is -2.22. The highest BCUT2D eigenvalue weighted by Gasteiger charge is 2.12. The van der Waals surface area contributed by atoms with Crippen molar-refractivity contribution < 1.29 is 14.7 Å². The second-order valence-electron chi connectivity index (χ2n) is 7.56. The Labute approximate surface area is 196 Å². The van der Waals surface area contributed by atoms with Crippen LogP contribution in [-0.2, 0) is 24.2 Å². The number of carboxylic acid groups (broad SMARTS) is 1. The van der Waals surface area contributed by atoms with Crippen molar-refractivity contribution in [2.24, 2.45) is 0 Å². The number of amides is 1. The van der Waals surface area contributed by atoms with E-state index in [0.29, 0.717) is 28.7 Å². The first-order valence-corrected chi connectivity index (χ1v) is 12.6. The predicted octanol–water partition coefficient (Wildman–Crippen LogP) is 4.87. The van der Waals surface area contributed by atoms with Gasteiger partial charge in [0.1, 0.15) is 0 Å². The summed E-state index contributed by atoms with van der Waals surface area (Å²) in [7, 11) is 0. The molecule has 0 bridgehead atoms. The molecule has 2 heterocycles. The lowest BCUT2D eigenvalue weighted by Gasteiger charge is -2.11. The molecule has 0 fully saturated rings. The molecule has 6 nitrogen and oxygen atoms in total. The molecule has 2 N–H and O–H groups in total. The maximum atomic E-state index is 12.5. The number of thiophene rings is 1. The number of thiazole rings is 1. The van der Waals surface area contributed by atoms with Gasteiger partial charge in [0.2, 0.25) is 0 Å². The Balaban J connectivity index is 1.52. The molecule has 170 valence electrons. The van der Waals surface area contributed by atoms with Crippen LogP contribution in [0.3, 0.4) is 0 Å². The number of unbranched alkanes of at least 4 members (excludes halogenated alkanes) is 3. The van der Waals surface area contributed by atoms with Crippen molar-refractivity contribution in [3.05, 3.63) is 62.8 Å². The van der Waals surface area contributed by atoms with E-state index in [9.17, 15) is 14.7 Å². The molecule has 1 aromatic carbocycles. The van der Waals surface area contributed by atoms with Crippen LogP contribution in [0.4, 0.5) is 10.8 Å². The second-order valence-corrected chi connectivity index (χ2v) is 9.58. The van der Waals surface area contributed by atoms with Gasteiger partial charge < -0.3 is 15.2 Å². The minimum Gasteiger partial charge on any atom is -0.550 e. The van der Waals surface area contributed by atoms with E-state index in [1.165, 1.54) is 53.9 Å². The molecule has 0 aliphatic heterocycles. The molecule has 3 rings (SSSR count). The first-order valence-electron chi connectivity index (χ1n) is 10.9. The predicted molar refractivity (Wildman–Crippen MR) is 129 cm³/mol. The summed E-state index contributed by atoms with van der Waals surface area (Å²) in [4.78, 5) is 29.1. The monoisotopic (exact) mass is 470 g/mol. The topological polar surface area (TPSA) is 94.2 Å². The molecule has 2 aromatic heterocycles. The molecule has 32 heavy (non-hydrogen) atoms. The number of carbonyl (C=O) groups is 2. The molecule has 8 heteroatoms. The van der Waals surface area contributed by atoms with E-state index in [0.717, 1.165) is 17.0 Å². The number of aromatic nitrogens is 1. The Morgan fingerprint density at radius 2 is 1.91 bits per heavy atom. The molecule has 1 amide bonds. The van der Waals surface area contributed by atoms with E-state index < -0.39 is 5.97 Å². The van der Waals surface area contributed by atoms with Gasteiger partial charge >= 0.3 is 0 Å². The van der Waals surface area contributed by atoms with Crippen molar-refractivity contribution in [3.63, 3.8) is 0 Å². The highest BCUT2D eigenvalue weighted by molar-refractivity contribution is 7.15. The normalized spacial score (nSPS) is 10.8. The minimum atomic E-state index is -1.11. The van der Waals surface area contributed by atoms with E-state index in [4.69, 9.17) is 0 Å². The van der Waals surface area contributed by atoms with Crippen molar-refractivity contribution in [2.45, 2.75) is 58.4 Å². The lowest BCUT2D eigenvalue weighted by molar-refractivity contribution is -0.305. The Kier molecular flexibility index (Phi) is 9.25. The Morgan fingerprint density at radius 1 is 1.06 bits per heavy atom. The van der Waals surface area contributed by atoms with Crippen molar-refractivity contribution in [1.29, 1.82) is 0 Å². The van der Waals surface area contributed by atoms with Crippen LogP contribution in [0.25, 0.3) is 0 Å². The molecule has 0 spiro atoms. The summed E-state index contributed by atoms with van der Waals surface area (Å²) in [6.07, 6.45) is 6.25. The first kappa shape index (κ1) is 23.9. The number of nitrogens with one attached hydrogen (secondary N) is 2. The van der Waals surface area contributed by atoms with Crippen LogP contribution in [0.2, 0.25) is 0 Å². The number of aryl methyl sites for hydroxylation is 2. The van der Waals surface area contributed by atoms with Crippen LogP contribution >= 0.6 is 22.7 Å². The van der Waals surface area contributed by atoms with E-state index in [-0.39, 0.29) is 12.3 Å². The van der Waals surface area contributed by atoms with Gasteiger partial charge in [-0.25, -0.2) is 4.98 Å². The minimum absolute atomic E-state index is 0.0831. The molecular weight excluding hydrogens is 442 g/mol. The third-order valence-corrected chi connectivity index (χ3v) is 6.90. The molecule has 0 saturated heterocycles. The molecule has 3 aromatic rings. The van der Waals surface area contributed by atoms with Gasteiger partial charge in [0.25, 0.3) is 5.91 Å². The fourth-order valence-corrected chi connectivity index (χ4v) is 4.88. The number of anilines is 2. The van der Waals surface area contributed by atoms with Crippen LogP contribution in [0.15, 0.2) is 41.8 Å². The van der Waals surface area contributed by atoms with Crippen LogP contribution in [0, 0.1) is 0 Å². The molecule has 0 atom stereocenters. The summed E-state index contributed by atoms with van der Waals surface area (Å²) in [5.41, 5.74) is 3.12. The highest BCUT2D eigenvalue weighted by Crippen LogP contribution is 2.23. The van der Waals surface area contributed by atoms with Crippen molar-refractivity contribution in [2.75, 3.05) is 10.6 Å². The average molecular weight is 471 g/mol. The molecule has 0 unspecified atom stereocenters. The number of hydrogen-bond donors (Lipinski definition) is 2. The third kappa shape index (κ3) is 7.46. The molecule has 0 saturated carbocycles. The van der Waals surface area contributed by atoms with Gasteiger partial charge in [0.05, 0.1) is 10.6 Å². The zero-order chi connectivity index (χ0) is 22.8. The van der Waals surface area contributed by atoms with Crippen LogP contribution < -0.4 is 15.7 Å². The van der Waals surface area contributed by atoms with Crippen molar-refractivity contribution in [3.8, 4) is 0 Å². The average Bonchev–Trinajstić information content (AvgIpc) is 3.44. The number of aliphatic carboxylic acids is 1. The van der Waals surface area contributed by atoms with E-state index in [2.05, 4.69) is 40.7 Å². The standard InChI is InChI=1S/C24H29N3O3S2/c1-2-3-4-5-8-17-9-6-7-10-20(17)25-15-19-12-13-21(32-19)23(30)27-24-26-18(16-31-24)11-14-22(28)29/h6-7,9-10,12-13,16,25H,2-5,8,11,14-15H2,1H3,(H,28,29)(H,26,27,30)/p-1. The maximum Gasteiger partial charge on any atom is 0.267 e. The van der Waals surface area contributed by atoms with Gasteiger partial charge in [-0.3, -0.25) is 10.1 Å². The van der Waals surface area contributed by atoms with Crippen LogP contribution in [0.5, 0.6) is 0 Å². The number of nitrogens with zero attached hydrogens (tertiary/aromatic N) is 1. The summed E-state index contributed by atoms with van der Waals surface area (Å²) in [6, 6.07) is 12.2. The van der Waals surface area contributed by atoms with Crippen LogP contribution in [-0.4, -0.2) is 16.9 Å². The largest absolute Gasteiger partial charge is 0.550 e. The Bertz CT molecular complexity index is 1030. The number of rotatable bonds is 13. The number of benzene rings is 1. The fraction of sp³-hybridized carbons (Fsp3) is 0.375.